The summed E-state index contributed by atoms with van der Waals surface area (Å²) in [6.07, 6.45) is 3.74. The molecule has 0 unspecified atom stereocenters. The van der Waals surface area contributed by atoms with Crippen molar-refractivity contribution in [2.45, 2.75) is 71.7 Å². The van der Waals surface area contributed by atoms with E-state index in [0.29, 0.717) is 0 Å². The first-order valence-corrected chi connectivity index (χ1v) is 8.39. The highest BCUT2D eigenvalue weighted by atomic mass is 16.6. The first kappa shape index (κ1) is 17.8. The predicted molar refractivity (Wildman–Crippen MR) is 90.2 cm³/mol. The quantitative estimate of drug-likeness (QED) is 0.926. The fraction of sp³-hybridized carbons (Fsp3) is 0.765. The lowest BCUT2D eigenvalue weighted by atomic mass is 10.1. The Morgan fingerprint density at radius 3 is 2.78 bits per heavy atom. The van der Waals surface area contributed by atoms with E-state index in [-0.39, 0.29) is 18.2 Å². The molecule has 1 aromatic rings. The van der Waals surface area contributed by atoms with Gasteiger partial charge >= 0.3 is 6.09 Å². The number of carbonyl (C=O) groups is 1. The van der Waals surface area contributed by atoms with Crippen LogP contribution in [0.1, 0.15) is 51.8 Å². The smallest absolute Gasteiger partial charge is 0.410 e. The molecule has 0 radical (unpaired) electrons. The van der Waals surface area contributed by atoms with Gasteiger partial charge in [-0.3, -0.25) is 4.68 Å². The van der Waals surface area contributed by atoms with Crippen LogP contribution in [0.4, 0.5) is 4.79 Å². The molecule has 23 heavy (non-hydrogen) atoms. The number of carbonyl (C=O) groups excluding carboxylic acids is 1. The molecule has 1 N–H and O–H groups in total. The molecular formula is C17H30N4O2. The summed E-state index contributed by atoms with van der Waals surface area (Å²) in [4.78, 5) is 14.2. The Morgan fingerprint density at radius 1 is 1.52 bits per heavy atom. The molecule has 0 saturated carbocycles. The van der Waals surface area contributed by atoms with Crippen molar-refractivity contribution < 1.29 is 9.53 Å². The number of likely N-dealkylation sites (tertiary alicyclic amines) is 1. The number of hydrogen-bond donors (Lipinski definition) is 1. The second kappa shape index (κ2) is 6.91. The molecule has 2 atom stereocenters. The minimum atomic E-state index is -0.451. The van der Waals surface area contributed by atoms with Gasteiger partial charge in [0.1, 0.15) is 5.60 Å². The van der Waals surface area contributed by atoms with Crippen molar-refractivity contribution in [2.75, 3.05) is 6.54 Å². The summed E-state index contributed by atoms with van der Waals surface area (Å²) in [5.41, 5.74) is 1.91. The van der Waals surface area contributed by atoms with Crippen LogP contribution in [0, 0.1) is 6.92 Å². The van der Waals surface area contributed by atoms with Crippen molar-refractivity contribution in [1.29, 1.82) is 0 Å². The highest BCUT2D eigenvalue weighted by molar-refractivity contribution is 5.69. The number of ether oxygens (including phenoxy) is 1. The van der Waals surface area contributed by atoms with Gasteiger partial charge in [0.25, 0.3) is 0 Å². The van der Waals surface area contributed by atoms with Crippen molar-refractivity contribution in [3.8, 4) is 0 Å². The fourth-order valence-electron chi connectivity index (χ4n) is 2.98. The second-order valence-corrected chi connectivity index (χ2v) is 7.43. The normalized spacial score (nSPS) is 19.9. The molecule has 1 saturated heterocycles. The molecule has 2 rings (SSSR count). The monoisotopic (exact) mass is 322 g/mol. The van der Waals surface area contributed by atoms with E-state index < -0.39 is 5.60 Å². The van der Waals surface area contributed by atoms with E-state index in [1.807, 2.05) is 43.6 Å². The van der Waals surface area contributed by atoms with Crippen LogP contribution in [0.5, 0.6) is 0 Å². The van der Waals surface area contributed by atoms with E-state index in [4.69, 9.17) is 4.74 Å². The fourth-order valence-corrected chi connectivity index (χ4v) is 2.98. The Morgan fingerprint density at radius 2 is 2.22 bits per heavy atom. The van der Waals surface area contributed by atoms with Crippen molar-refractivity contribution in [3.63, 3.8) is 0 Å². The van der Waals surface area contributed by atoms with Crippen LogP contribution >= 0.6 is 0 Å². The zero-order chi connectivity index (χ0) is 17.2. The molecule has 1 aliphatic heterocycles. The van der Waals surface area contributed by atoms with Crippen molar-refractivity contribution in [1.82, 2.24) is 20.0 Å². The number of nitrogens with one attached hydrogen (secondary N) is 1. The molecule has 1 amide bonds. The summed E-state index contributed by atoms with van der Waals surface area (Å²) in [6, 6.07) is 0.395. The number of amides is 1. The third kappa shape index (κ3) is 4.47. The molecule has 0 aliphatic carbocycles. The SMILES string of the molecule is Cc1c(CN[C@@H](C)[C@@H]2CCCN2C(=O)OC(C)(C)C)cnn1C. The first-order chi connectivity index (χ1) is 10.7. The second-order valence-electron chi connectivity index (χ2n) is 7.43. The number of nitrogens with zero attached hydrogens (tertiary/aromatic N) is 3. The molecule has 6 heteroatoms. The van der Waals surface area contributed by atoms with Crippen LogP contribution in [0.15, 0.2) is 6.20 Å². The van der Waals surface area contributed by atoms with Crippen molar-refractivity contribution >= 4 is 6.09 Å². The maximum atomic E-state index is 12.4. The molecule has 0 aromatic carbocycles. The lowest BCUT2D eigenvalue weighted by Crippen LogP contribution is -2.48. The maximum Gasteiger partial charge on any atom is 0.410 e. The van der Waals surface area contributed by atoms with Gasteiger partial charge in [-0.25, -0.2) is 4.79 Å². The van der Waals surface area contributed by atoms with Crippen LogP contribution in [0.25, 0.3) is 0 Å². The highest BCUT2D eigenvalue weighted by Gasteiger charge is 2.35. The predicted octanol–water partition coefficient (Wildman–Crippen LogP) is 2.61. The lowest BCUT2D eigenvalue weighted by molar-refractivity contribution is 0.0200. The van der Waals surface area contributed by atoms with Crippen LogP contribution in [-0.4, -0.2) is 45.0 Å². The van der Waals surface area contributed by atoms with E-state index in [1.165, 1.54) is 11.3 Å². The summed E-state index contributed by atoms with van der Waals surface area (Å²) in [5.74, 6) is 0. The van der Waals surface area contributed by atoms with E-state index in [0.717, 1.165) is 25.9 Å². The molecule has 1 aromatic heterocycles. The molecule has 0 bridgehead atoms. The Hall–Kier alpha value is -1.56. The van der Waals surface area contributed by atoms with Crippen LogP contribution in [0.2, 0.25) is 0 Å². The van der Waals surface area contributed by atoms with E-state index >= 15 is 0 Å². The van der Waals surface area contributed by atoms with E-state index in [9.17, 15) is 4.79 Å². The summed E-state index contributed by atoms with van der Waals surface area (Å²) >= 11 is 0. The summed E-state index contributed by atoms with van der Waals surface area (Å²) in [5, 5.41) is 7.81. The van der Waals surface area contributed by atoms with Gasteiger partial charge in [0.2, 0.25) is 0 Å². The summed E-state index contributed by atoms with van der Waals surface area (Å²) in [7, 11) is 1.95. The number of aromatic nitrogens is 2. The largest absolute Gasteiger partial charge is 0.444 e. The topological polar surface area (TPSA) is 59.4 Å². The number of rotatable bonds is 4. The maximum absolute atomic E-state index is 12.4. The highest BCUT2D eigenvalue weighted by Crippen LogP contribution is 2.23. The van der Waals surface area contributed by atoms with Gasteiger partial charge in [-0.1, -0.05) is 0 Å². The van der Waals surface area contributed by atoms with Crippen LogP contribution < -0.4 is 5.32 Å². The minimum Gasteiger partial charge on any atom is -0.444 e. The minimum absolute atomic E-state index is 0.182. The first-order valence-electron chi connectivity index (χ1n) is 8.39. The van der Waals surface area contributed by atoms with E-state index in [2.05, 4.69) is 24.3 Å². The van der Waals surface area contributed by atoms with Gasteiger partial charge in [-0.05, 0) is 47.5 Å². The molecule has 2 heterocycles. The molecule has 1 aliphatic rings. The molecule has 0 spiro atoms. The standard InChI is InChI=1S/C17H30N4O2/c1-12(18-10-14-11-19-20(6)13(14)2)15-8-7-9-21(15)16(22)23-17(3,4)5/h11-12,15,18H,7-10H2,1-6H3/t12-,15-/m0/s1. The van der Waals surface area contributed by atoms with Gasteiger partial charge in [-0.15, -0.1) is 0 Å². The summed E-state index contributed by atoms with van der Waals surface area (Å²) in [6.45, 7) is 11.5. The van der Waals surface area contributed by atoms with Gasteiger partial charge in [-0.2, -0.15) is 5.10 Å². The average molecular weight is 322 g/mol. The molecule has 6 nitrogen and oxygen atoms in total. The van der Waals surface area contributed by atoms with Crippen molar-refractivity contribution in [2.24, 2.45) is 7.05 Å². The van der Waals surface area contributed by atoms with Gasteiger partial charge in [0.15, 0.2) is 0 Å². The van der Waals surface area contributed by atoms with Gasteiger partial charge in [0, 0.05) is 37.4 Å². The Balaban J connectivity index is 1.93. The van der Waals surface area contributed by atoms with Gasteiger partial charge < -0.3 is 15.0 Å². The Labute approximate surface area is 139 Å². The van der Waals surface area contributed by atoms with Crippen LogP contribution in [-0.2, 0) is 18.3 Å². The summed E-state index contributed by atoms with van der Waals surface area (Å²) < 4.78 is 7.41. The van der Waals surface area contributed by atoms with Crippen molar-refractivity contribution in [3.05, 3.63) is 17.5 Å². The zero-order valence-electron chi connectivity index (χ0n) is 15.2. The number of aryl methyl sites for hydroxylation is 1. The van der Waals surface area contributed by atoms with E-state index in [1.54, 1.807) is 0 Å². The van der Waals surface area contributed by atoms with Crippen LogP contribution in [0.3, 0.4) is 0 Å². The Kier molecular flexibility index (Phi) is 5.34. The average Bonchev–Trinajstić information content (AvgIpc) is 3.04. The molecule has 130 valence electrons. The molecular weight excluding hydrogens is 292 g/mol. The van der Waals surface area contributed by atoms with Gasteiger partial charge in [0.05, 0.1) is 12.2 Å². The number of hydrogen-bond acceptors (Lipinski definition) is 4. The zero-order valence-corrected chi connectivity index (χ0v) is 15.2. The third-order valence-corrected chi connectivity index (χ3v) is 4.46. The lowest BCUT2D eigenvalue weighted by Gasteiger charge is -2.32. The Bertz CT molecular complexity index is 547. The third-order valence-electron chi connectivity index (χ3n) is 4.46. The molecule has 1 fully saturated rings.